The van der Waals surface area contributed by atoms with Gasteiger partial charge in [-0.25, -0.2) is 0 Å². The van der Waals surface area contributed by atoms with E-state index in [1.807, 2.05) is 59.5 Å². The van der Waals surface area contributed by atoms with Crippen molar-refractivity contribution in [1.29, 1.82) is 0 Å². The number of carbonyl (C=O) groups is 2. The lowest BCUT2D eigenvalue weighted by atomic mass is 10.1. The number of ether oxygens (including phenoxy) is 1. The number of rotatable bonds is 7. The van der Waals surface area contributed by atoms with Crippen molar-refractivity contribution >= 4 is 17.9 Å². The third kappa shape index (κ3) is 5.45. The van der Waals surface area contributed by atoms with Gasteiger partial charge in [-0.15, -0.1) is 0 Å². The highest BCUT2D eigenvalue weighted by atomic mass is 16.5. The zero-order valence-electron chi connectivity index (χ0n) is 15.4. The molecule has 5 nitrogen and oxygen atoms in total. The van der Waals surface area contributed by atoms with E-state index in [-0.39, 0.29) is 17.7 Å². The molecule has 0 spiro atoms. The van der Waals surface area contributed by atoms with Crippen molar-refractivity contribution in [2.75, 3.05) is 20.2 Å². The van der Waals surface area contributed by atoms with Gasteiger partial charge in [-0.05, 0) is 29.3 Å². The van der Waals surface area contributed by atoms with Crippen LogP contribution in [0.2, 0.25) is 0 Å². The number of nitrogens with zero attached hydrogens (tertiary/aromatic N) is 1. The summed E-state index contributed by atoms with van der Waals surface area (Å²) in [6, 6.07) is 17.4. The van der Waals surface area contributed by atoms with Gasteiger partial charge in [0.2, 0.25) is 11.8 Å². The van der Waals surface area contributed by atoms with Crippen molar-refractivity contribution in [1.82, 2.24) is 10.2 Å². The first kappa shape index (κ1) is 18.7. The summed E-state index contributed by atoms with van der Waals surface area (Å²) in [5, 5.41) is 2.89. The lowest BCUT2D eigenvalue weighted by molar-refractivity contribution is -0.128. The van der Waals surface area contributed by atoms with Crippen LogP contribution in [-0.4, -0.2) is 36.9 Å². The Morgan fingerprint density at radius 2 is 1.93 bits per heavy atom. The van der Waals surface area contributed by atoms with Crippen LogP contribution in [0.3, 0.4) is 0 Å². The Labute approximate surface area is 159 Å². The maximum atomic E-state index is 12.2. The van der Waals surface area contributed by atoms with Crippen molar-refractivity contribution in [2.24, 2.45) is 5.92 Å². The standard InChI is InChI=1S/C22H24N2O3/c1-27-20-10-7-17(8-11-20)9-12-21(25)23-14-19-13-22(26)24(16-19)15-18-5-3-2-4-6-18/h2-12,19H,13-16H2,1H3,(H,23,25)/b12-9-. The summed E-state index contributed by atoms with van der Waals surface area (Å²) >= 11 is 0. The van der Waals surface area contributed by atoms with E-state index < -0.39 is 0 Å². The molecule has 2 aromatic rings. The van der Waals surface area contributed by atoms with Gasteiger partial charge < -0.3 is 15.0 Å². The van der Waals surface area contributed by atoms with Gasteiger partial charge in [0.25, 0.3) is 0 Å². The van der Waals surface area contributed by atoms with Crippen LogP contribution in [0.4, 0.5) is 0 Å². The third-order valence-electron chi connectivity index (χ3n) is 4.62. The fourth-order valence-corrected chi connectivity index (χ4v) is 3.14. The van der Waals surface area contributed by atoms with E-state index in [4.69, 9.17) is 4.74 Å². The molecule has 1 unspecified atom stereocenters. The van der Waals surface area contributed by atoms with E-state index in [1.54, 1.807) is 13.2 Å². The summed E-state index contributed by atoms with van der Waals surface area (Å²) in [6.45, 7) is 1.81. The molecule has 0 saturated carbocycles. The minimum absolute atomic E-state index is 0.145. The average molecular weight is 364 g/mol. The first-order valence-electron chi connectivity index (χ1n) is 9.05. The van der Waals surface area contributed by atoms with Crippen LogP contribution in [0.15, 0.2) is 60.7 Å². The van der Waals surface area contributed by atoms with Crippen LogP contribution < -0.4 is 10.1 Å². The van der Waals surface area contributed by atoms with E-state index in [0.29, 0.717) is 26.1 Å². The van der Waals surface area contributed by atoms with Gasteiger partial charge >= 0.3 is 0 Å². The number of hydrogen-bond donors (Lipinski definition) is 1. The number of nitrogens with one attached hydrogen (secondary N) is 1. The van der Waals surface area contributed by atoms with Crippen LogP contribution >= 0.6 is 0 Å². The molecular weight excluding hydrogens is 340 g/mol. The minimum atomic E-state index is -0.153. The summed E-state index contributed by atoms with van der Waals surface area (Å²) in [6.07, 6.45) is 3.76. The van der Waals surface area contributed by atoms with Crippen molar-refractivity contribution in [3.63, 3.8) is 0 Å². The molecular formula is C22H24N2O3. The highest BCUT2D eigenvalue weighted by Crippen LogP contribution is 2.19. The van der Waals surface area contributed by atoms with Crippen LogP contribution in [0.5, 0.6) is 5.75 Å². The Hall–Kier alpha value is -3.08. The molecule has 140 valence electrons. The van der Waals surface area contributed by atoms with Gasteiger partial charge in [-0.2, -0.15) is 0 Å². The van der Waals surface area contributed by atoms with Crippen molar-refractivity contribution in [3.8, 4) is 5.75 Å². The second kappa shape index (κ2) is 9.03. The predicted molar refractivity (Wildman–Crippen MR) is 105 cm³/mol. The molecule has 1 N–H and O–H groups in total. The summed E-state index contributed by atoms with van der Waals surface area (Å²) in [4.78, 5) is 26.1. The zero-order valence-corrected chi connectivity index (χ0v) is 15.4. The van der Waals surface area contributed by atoms with E-state index in [1.165, 1.54) is 6.08 Å². The molecule has 0 aromatic heterocycles. The smallest absolute Gasteiger partial charge is 0.244 e. The Balaban J connectivity index is 1.44. The number of methoxy groups -OCH3 is 1. The predicted octanol–water partition coefficient (Wildman–Crippen LogP) is 2.87. The SMILES string of the molecule is COc1ccc(/C=C\C(=O)NCC2CC(=O)N(Cc3ccccc3)C2)cc1. The van der Waals surface area contributed by atoms with Crippen LogP contribution in [0, 0.1) is 5.92 Å². The Morgan fingerprint density at radius 3 is 2.63 bits per heavy atom. The van der Waals surface area contributed by atoms with Gasteiger partial charge in [0, 0.05) is 38.0 Å². The molecule has 0 bridgehead atoms. The number of carbonyl (C=O) groups excluding carboxylic acids is 2. The zero-order chi connectivity index (χ0) is 19.1. The van der Waals surface area contributed by atoms with Gasteiger partial charge in [0.15, 0.2) is 0 Å². The maximum absolute atomic E-state index is 12.2. The lowest BCUT2D eigenvalue weighted by Gasteiger charge is -2.16. The second-order valence-corrected chi connectivity index (χ2v) is 6.68. The van der Waals surface area contributed by atoms with Crippen molar-refractivity contribution in [2.45, 2.75) is 13.0 Å². The third-order valence-corrected chi connectivity index (χ3v) is 4.62. The highest BCUT2D eigenvalue weighted by Gasteiger charge is 2.29. The Morgan fingerprint density at radius 1 is 1.19 bits per heavy atom. The molecule has 1 fully saturated rings. The molecule has 2 aromatic carbocycles. The van der Waals surface area contributed by atoms with E-state index in [0.717, 1.165) is 16.9 Å². The number of hydrogen-bond acceptors (Lipinski definition) is 3. The summed E-state index contributed by atoms with van der Waals surface area (Å²) in [5.74, 6) is 0.925. The van der Waals surface area contributed by atoms with E-state index in [2.05, 4.69) is 5.32 Å². The Kier molecular flexibility index (Phi) is 6.26. The molecule has 1 aliphatic rings. The molecule has 0 aliphatic carbocycles. The molecule has 2 amide bonds. The van der Waals surface area contributed by atoms with Gasteiger partial charge in [-0.1, -0.05) is 42.5 Å². The topological polar surface area (TPSA) is 58.6 Å². The quantitative estimate of drug-likeness (QED) is 0.769. The van der Waals surface area contributed by atoms with E-state index >= 15 is 0 Å². The molecule has 1 saturated heterocycles. The Bertz CT molecular complexity index is 800. The molecule has 1 heterocycles. The fourth-order valence-electron chi connectivity index (χ4n) is 3.14. The maximum Gasteiger partial charge on any atom is 0.244 e. The van der Waals surface area contributed by atoms with Crippen molar-refractivity contribution < 1.29 is 14.3 Å². The fraction of sp³-hybridized carbons (Fsp3) is 0.273. The first-order chi connectivity index (χ1) is 13.1. The molecule has 1 aliphatic heterocycles. The second-order valence-electron chi connectivity index (χ2n) is 6.68. The largest absolute Gasteiger partial charge is 0.497 e. The van der Waals surface area contributed by atoms with Gasteiger partial charge in [0.05, 0.1) is 7.11 Å². The van der Waals surface area contributed by atoms with Gasteiger partial charge in [-0.3, -0.25) is 9.59 Å². The van der Waals surface area contributed by atoms with E-state index in [9.17, 15) is 9.59 Å². The lowest BCUT2D eigenvalue weighted by Crippen LogP contribution is -2.30. The normalized spacial score (nSPS) is 16.7. The minimum Gasteiger partial charge on any atom is -0.497 e. The van der Waals surface area contributed by atoms with Crippen LogP contribution in [0.1, 0.15) is 17.5 Å². The average Bonchev–Trinajstić information content (AvgIpc) is 3.05. The molecule has 3 rings (SSSR count). The number of amides is 2. The summed E-state index contributed by atoms with van der Waals surface area (Å²) < 4.78 is 5.11. The monoisotopic (exact) mass is 364 g/mol. The summed E-state index contributed by atoms with van der Waals surface area (Å²) in [5.41, 5.74) is 2.05. The number of benzene rings is 2. The molecule has 5 heteroatoms. The molecule has 0 radical (unpaired) electrons. The van der Waals surface area contributed by atoms with Crippen LogP contribution in [-0.2, 0) is 16.1 Å². The molecule has 1 atom stereocenters. The first-order valence-corrected chi connectivity index (χ1v) is 9.05. The molecule has 27 heavy (non-hydrogen) atoms. The van der Waals surface area contributed by atoms with Crippen LogP contribution in [0.25, 0.3) is 6.08 Å². The number of likely N-dealkylation sites (tertiary alicyclic amines) is 1. The van der Waals surface area contributed by atoms with Crippen molar-refractivity contribution in [3.05, 3.63) is 71.8 Å². The van der Waals surface area contributed by atoms with Gasteiger partial charge in [0.1, 0.15) is 5.75 Å². The highest BCUT2D eigenvalue weighted by molar-refractivity contribution is 5.91. The summed E-state index contributed by atoms with van der Waals surface area (Å²) in [7, 11) is 1.62.